The van der Waals surface area contributed by atoms with Crippen LogP contribution in [0.3, 0.4) is 0 Å². The highest BCUT2D eigenvalue weighted by Gasteiger charge is 2.31. The summed E-state index contributed by atoms with van der Waals surface area (Å²) < 4.78 is 10.2. The Balaban J connectivity index is 4.41. The van der Waals surface area contributed by atoms with Crippen LogP contribution in [0.1, 0.15) is 41.5 Å². The van der Waals surface area contributed by atoms with Gasteiger partial charge in [-0.1, -0.05) is 0 Å². The van der Waals surface area contributed by atoms with Crippen molar-refractivity contribution in [3.8, 4) is 0 Å². The van der Waals surface area contributed by atoms with Gasteiger partial charge in [0.2, 0.25) is 0 Å². The summed E-state index contributed by atoms with van der Waals surface area (Å²) in [5.74, 6) is -0.809. The van der Waals surface area contributed by atoms with Gasteiger partial charge in [-0.3, -0.25) is 4.79 Å². The molecule has 0 bridgehead atoms. The molecule has 0 saturated carbocycles. The van der Waals surface area contributed by atoms with E-state index in [-0.39, 0.29) is 5.91 Å². The van der Waals surface area contributed by atoms with Gasteiger partial charge in [-0.15, -0.1) is 0 Å². The molecule has 0 aliphatic heterocycles. The lowest BCUT2D eigenvalue weighted by Gasteiger charge is -2.26. The summed E-state index contributed by atoms with van der Waals surface area (Å²) in [5, 5.41) is 2.55. The fraction of sp³-hybridized carbons (Fsp3) is 0.833. The zero-order chi connectivity index (χ0) is 13.9. The zero-order valence-electron chi connectivity index (χ0n) is 11.7. The molecule has 0 unspecified atom stereocenters. The maximum absolute atomic E-state index is 11.7. The molecule has 0 saturated heterocycles. The highest BCUT2D eigenvalue weighted by atomic mass is 16.6. The predicted molar refractivity (Wildman–Crippen MR) is 64.5 cm³/mol. The van der Waals surface area contributed by atoms with E-state index in [1.807, 2.05) is 0 Å². The molecule has 0 spiro atoms. The second-order valence-electron chi connectivity index (χ2n) is 5.44. The first-order valence-electron chi connectivity index (χ1n) is 5.58. The van der Waals surface area contributed by atoms with Crippen LogP contribution in [-0.2, 0) is 19.1 Å². The SMILES string of the molecule is COC(C)(C)C(=O)N[C@H](C)C(=O)OC(C)(C)C. The van der Waals surface area contributed by atoms with E-state index < -0.39 is 23.2 Å². The highest BCUT2D eigenvalue weighted by Crippen LogP contribution is 2.10. The molecule has 5 heteroatoms. The van der Waals surface area contributed by atoms with E-state index >= 15 is 0 Å². The van der Waals surface area contributed by atoms with Crippen molar-refractivity contribution < 1.29 is 19.1 Å². The largest absolute Gasteiger partial charge is 0.458 e. The minimum absolute atomic E-state index is 0.349. The van der Waals surface area contributed by atoms with Crippen LogP contribution in [-0.4, -0.2) is 36.2 Å². The summed E-state index contributed by atoms with van der Waals surface area (Å²) in [7, 11) is 1.44. The van der Waals surface area contributed by atoms with Gasteiger partial charge in [0, 0.05) is 7.11 Å². The molecule has 0 aromatic carbocycles. The molecule has 1 N–H and O–H groups in total. The predicted octanol–water partition coefficient (Wildman–Crippen LogP) is 1.26. The molecule has 0 aliphatic rings. The number of carbonyl (C=O) groups excluding carboxylic acids is 2. The monoisotopic (exact) mass is 245 g/mol. The molecule has 1 atom stereocenters. The van der Waals surface area contributed by atoms with Crippen molar-refractivity contribution in [3.05, 3.63) is 0 Å². The standard InChI is InChI=1S/C12H23NO4/c1-8(9(14)17-11(2,3)4)13-10(15)12(5,6)16-7/h8H,1-7H3,(H,13,15)/t8-/m1/s1. The quantitative estimate of drug-likeness (QED) is 0.757. The second kappa shape index (κ2) is 5.49. The number of rotatable bonds is 4. The lowest BCUT2D eigenvalue weighted by Crippen LogP contribution is -2.50. The van der Waals surface area contributed by atoms with Crippen LogP contribution in [0.5, 0.6) is 0 Å². The maximum atomic E-state index is 11.7. The van der Waals surface area contributed by atoms with E-state index in [2.05, 4.69) is 5.32 Å². The Morgan fingerprint density at radius 3 is 1.94 bits per heavy atom. The van der Waals surface area contributed by atoms with E-state index in [9.17, 15) is 9.59 Å². The topological polar surface area (TPSA) is 64.6 Å². The van der Waals surface area contributed by atoms with Gasteiger partial charge in [0.15, 0.2) is 0 Å². The molecule has 0 aromatic rings. The summed E-state index contributed by atoms with van der Waals surface area (Å²) in [6.07, 6.45) is 0. The first-order chi connectivity index (χ1) is 7.49. The molecule has 100 valence electrons. The Hall–Kier alpha value is -1.10. The molecule has 1 amide bonds. The van der Waals surface area contributed by atoms with Crippen molar-refractivity contribution in [2.24, 2.45) is 0 Å². The van der Waals surface area contributed by atoms with E-state index in [0.29, 0.717) is 0 Å². The summed E-state index contributed by atoms with van der Waals surface area (Å²) in [5.41, 5.74) is -1.52. The smallest absolute Gasteiger partial charge is 0.328 e. The lowest BCUT2D eigenvalue weighted by molar-refractivity contribution is -0.159. The van der Waals surface area contributed by atoms with Crippen LogP contribution in [0.2, 0.25) is 0 Å². The third kappa shape index (κ3) is 5.68. The van der Waals surface area contributed by atoms with Crippen LogP contribution in [0.4, 0.5) is 0 Å². The Kier molecular flexibility index (Phi) is 5.13. The molecule has 17 heavy (non-hydrogen) atoms. The van der Waals surface area contributed by atoms with E-state index in [0.717, 1.165) is 0 Å². The number of amides is 1. The normalized spacial score (nSPS) is 14.1. The van der Waals surface area contributed by atoms with Crippen LogP contribution in [0.25, 0.3) is 0 Å². The van der Waals surface area contributed by atoms with Gasteiger partial charge in [0.25, 0.3) is 5.91 Å². The van der Waals surface area contributed by atoms with Crippen molar-refractivity contribution in [1.82, 2.24) is 5.32 Å². The Labute approximate surface area is 103 Å². The third-order valence-electron chi connectivity index (χ3n) is 2.17. The van der Waals surface area contributed by atoms with Gasteiger partial charge in [-0.2, -0.15) is 0 Å². The Morgan fingerprint density at radius 1 is 1.12 bits per heavy atom. The minimum atomic E-state index is -0.962. The number of carbonyl (C=O) groups is 2. The van der Waals surface area contributed by atoms with Gasteiger partial charge < -0.3 is 14.8 Å². The number of esters is 1. The van der Waals surface area contributed by atoms with Gasteiger partial charge in [0.1, 0.15) is 17.2 Å². The number of ether oxygens (including phenoxy) is 2. The lowest BCUT2D eigenvalue weighted by atomic mass is 10.1. The maximum Gasteiger partial charge on any atom is 0.328 e. The molecule has 0 heterocycles. The summed E-state index contributed by atoms with van der Waals surface area (Å²) in [6.45, 7) is 10.2. The fourth-order valence-corrected chi connectivity index (χ4v) is 0.912. The number of nitrogens with one attached hydrogen (secondary N) is 1. The molecular weight excluding hydrogens is 222 g/mol. The first kappa shape index (κ1) is 15.9. The van der Waals surface area contributed by atoms with Crippen molar-refractivity contribution >= 4 is 11.9 Å². The molecule has 5 nitrogen and oxygen atoms in total. The number of hydrogen-bond acceptors (Lipinski definition) is 4. The van der Waals surface area contributed by atoms with Crippen LogP contribution < -0.4 is 5.32 Å². The van der Waals surface area contributed by atoms with Crippen molar-refractivity contribution in [2.75, 3.05) is 7.11 Å². The highest BCUT2D eigenvalue weighted by molar-refractivity contribution is 5.89. The zero-order valence-corrected chi connectivity index (χ0v) is 11.7. The Morgan fingerprint density at radius 2 is 1.59 bits per heavy atom. The number of hydrogen-bond donors (Lipinski definition) is 1. The van der Waals surface area contributed by atoms with E-state index in [1.54, 1.807) is 41.5 Å². The number of methoxy groups -OCH3 is 1. The van der Waals surface area contributed by atoms with Crippen LogP contribution in [0, 0.1) is 0 Å². The van der Waals surface area contributed by atoms with E-state index in [1.165, 1.54) is 7.11 Å². The van der Waals surface area contributed by atoms with Crippen LogP contribution in [0.15, 0.2) is 0 Å². The van der Waals surface area contributed by atoms with E-state index in [4.69, 9.17) is 9.47 Å². The molecule has 0 aromatic heterocycles. The van der Waals surface area contributed by atoms with Gasteiger partial charge in [-0.05, 0) is 41.5 Å². The summed E-state index contributed by atoms with van der Waals surface area (Å²) >= 11 is 0. The van der Waals surface area contributed by atoms with Gasteiger partial charge >= 0.3 is 5.97 Å². The molecule has 0 aliphatic carbocycles. The average Bonchev–Trinajstić information content (AvgIpc) is 2.14. The average molecular weight is 245 g/mol. The second-order valence-corrected chi connectivity index (χ2v) is 5.44. The van der Waals surface area contributed by atoms with Gasteiger partial charge in [0.05, 0.1) is 0 Å². The van der Waals surface area contributed by atoms with Crippen molar-refractivity contribution in [1.29, 1.82) is 0 Å². The molecule has 0 rings (SSSR count). The third-order valence-corrected chi connectivity index (χ3v) is 2.17. The van der Waals surface area contributed by atoms with Crippen LogP contribution >= 0.6 is 0 Å². The molecule has 0 radical (unpaired) electrons. The minimum Gasteiger partial charge on any atom is -0.458 e. The van der Waals surface area contributed by atoms with Crippen molar-refractivity contribution in [2.45, 2.75) is 58.8 Å². The molecule has 0 fully saturated rings. The molecular formula is C12H23NO4. The van der Waals surface area contributed by atoms with Crippen molar-refractivity contribution in [3.63, 3.8) is 0 Å². The Bertz CT molecular complexity index is 291. The fourth-order valence-electron chi connectivity index (χ4n) is 0.912. The summed E-state index contributed by atoms with van der Waals surface area (Å²) in [4.78, 5) is 23.4. The summed E-state index contributed by atoms with van der Waals surface area (Å²) in [6, 6.07) is -0.698. The van der Waals surface area contributed by atoms with Gasteiger partial charge in [-0.25, -0.2) is 4.79 Å². The first-order valence-corrected chi connectivity index (χ1v) is 5.58.